The molecule has 0 aliphatic carbocycles. The van der Waals surface area contributed by atoms with Crippen molar-refractivity contribution in [2.75, 3.05) is 25.0 Å². The van der Waals surface area contributed by atoms with Gasteiger partial charge in [0.2, 0.25) is 0 Å². The zero-order valence-corrected chi connectivity index (χ0v) is 12.5. The Morgan fingerprint density at radius 3 is 2.68 bits per heavy atom. The van der Waals surface area contributed by atoms with Gasteiger partial charge in [0.1, 0.15) is 5.82 Å². The van der Waals surface area contributed by atoms with Crippen molar-refractivity contribution < 1.29 is 0 Å². The standard InChI is InChI=1S/C16H27N3/c1-4-8-17-16-7-5-6-15(18-16)12-19-10-13(2)9-14(3)11-19/h5-7,13-14H,4,8-12H2,1-3H3,(H,17,18). The Balaban J connectivity index is 1.94. The third-order valence-electron chi connectivity index (χ3n) is 3.69. The van der Waals surface area contributed by atoms with Gasteiger partial charge in [0.25, 0.3) is 0 Å². The smallest absolute Gasteiger partial charge is 0.126 e. The molecule has 2 atom stereocenters. The van der Waals surface area contributed by atoms with Gasteiger partial charge in [-0.25, -0.2) is 4.98 Å². The van der Waals surface area contributed by atoms with Crippen LogP contribution < -0.4 is 5.32 Å². The third kappa shape index (κ3) is 4.50. The average Bonchev–Trinajstić information content (AvgIpc) is 2.35. The molecule has 1 fully saturated rings. The highest BCUT2D eigenvalue weighted by Gasteiger charge is 2.21. The summed E-state index contributed by atoms with van der Waals surface area (Å²) in [6, 6.07) is 6.30. The van der Waals surface area contributed by atoms with Crippen LogP contribution in [0.5, 0.6) is 0 Å². The Morgan fingerprint density at radius 1 is 1.26 bits per heavy atom. The van der Waals surface area contributed by atoms with Crippen molar-refractivity contribution in [3.63, 3.8) is 0 Å². The molecule has 1 aromatic rings. The van der Waals surface area contributed by atoms with Crippen LogP contribution in [-0.4, -0.2) is 29.5 Å². The normalized spacial score (nSPS) is 24.4. The summed E-state index contributed by atoms with van der Waals surface area (Å²) >= 11 is 0. The molecule has 0 radical (unpaired) electrons. The topological polar surface area (TPSA) is 28.2 Å². The predicted molar refractivity (Wildman–Crippen MR) is 81.2 cm³/mol. The maximum atomic E-state index is 4.70. The van der Waals surface area contributed by atoms with Crippen LogP contribution in [0, 0.1) is 11.8 Å². The number of piperidine rings is 1. The lowest BCUT2D eigenvalue weighted by atomic mass is 9.92. The molecule has 106 valence electrons. The number of hydrogen-bond donors (Lipinski definition) is 1. The first-order chi connectivity index (χ1) is 9.17. The second-order valence-corrected chi connectivity index (χ2v) is 6.08. The van der Waals surface area contributed by atoms with Gasteiger partial charge < -0.3 is 5.32 Å². The number of nitrogens with one attached hydrogen (secondary N) is 1. The van der Waals surface area contributed by atoms with Gasteiger partial charge in [-0.05, 0) is 36.8 Å². The van der Waals surface area contributed by atoms with Crippen LogP contribution in [-0.2, 0) is 6.54 Å². The maximum Gasteiger partial charge on any atom is 0.126 e. The van der Waals surface area contributed by atoms with Gasteiger partial charge in [0.15, 0.2) is 0 Å². The molecule has 0 saturated carbocycles. The fraction of sp³-hybridized carbons (Fsp3) is 0.688. The fourth-order valence-corrected chi connectivity index (χ4v) is 3.07. The van der Waals surface area contributed by atoms with Gasteiger partial charge in [-0.1, -0.05) is 26.8 Å². The number of hydrogen-bond acceptors (Lipinski definition) is 3. The van der Waals surface area contributed by atoms with E-state index in [0.29, 0.717) is 0 Å². The number of aromatic nitrogens is 1. The summed E-state index contributed by atoms with van der Waals surface area (Å²) in [5.74, 6) is 2.63. The highest BCUT2D eigenvalue weighted by molar-refractivity contribution is 5.35. The second-order valence-electron chi connectivity index (χ2n) is 6.08. The third-order valence-corrected chi connectivity index (χ3v) is 3.69. The lowest BCUT2D eigenvalue weighted by Gasteiger charge is -2.34. The van der Waals surface area contributed by atoms with Crippen molar-refractivity contribution in [3.8, 4) is 0 Å². The summed E-state index contributed by atoms with van der Waals surface area (Å²) < 4.78 is 0. The summed E-state index contributed by atoms with van der Waals surface area (Å²) in [6.07, 6.45) is 2.50. The first-order valence-corrected chi connectivity index (χ1v) is 7.59. The van der Waals surface area contributed by atoms with Crippen LogP contribution in [0.1, 0.15) is 39.3 Å². The van der Waals surface area contributed by atoms with Crippen molar-refractivity contribution in [1.82, 2.24) is 9.88 Å². The van der Waals surface area contributed by atoms with E-state index in [2.05, 4.69) is 49.2 Å². The van der Waals surface area contributed by atoms with E-state index in [1.807, 2.05) is 0 Å². The lowest BCUT2D eigenvalue weighted by molar-refractivity contribution is 0.133. The van der Waals surface area contributed by atoms with Crippen LogP contribution >= 0.6 is 0 Å². The summed E-state index contributed by atoms with van der Waals surface area (Å²) in [5.41, 5.74) is 1.18. The van der Waals surface area contributed by atoms with Crippen molar-refractivity contribution in [2.24, 2.45) is 11.8 Å². The van der Waals surface area contributed by atoms with Crippen molar-refractivity contribution in [1.29, 1.82) is 0 Å². The Labute approximate surface area is 117 Å². The van der Waals surface area contributed by atoms with Gasteiger partial charge in [-0.2, -0.15) is 0 Å². The van der Waals surface area contributed by atoms with E-state index in [0.717, 1.165) is 37.2 Å². The molecule has 1 N–H and O–H groups in total. The van der Waals surface area contributed by atoms with E-state index in [1.54, 1.807) is 0 Å². The quantitative estimate of drug-likeness (QED) is 0.880. The van der Waals surface area contributed by atoms with E-state index in [-0.39, 0.29) is 0 Å². The average molecular weight is 261 g/mol. The lowest BCUT2D eigenvalue weighted by Crippen LogP contribution is -2.38. The first kappa shape index (κ1) is 14.3. The molecule has 3 nitrogen and oxygen atoms in total. The molecular formula is C16H27N3. The van der Waals surface area contributed by atoms with Crippen LogP contribution in [0.25, 0.3) is 0 Å². The van der Waals surface area contributed by atoms with Gasteiger partial charge in [0.05, 0.1) is 5.69 Å². The molecule has 0 amide bonds. The predicted octanol–water partition coefficient (Wildman–Crippen LogP) is 3.38. The van der Waals surface area contributed by atoms with Crippen LogP contribution in [0.3, 0.4) is 0 Å². The fourth-order valence-electron chi connectivity index (χ4n) is 3.07. The van der Waals surface area contributed by atoms with Gasteiger partial charge in [-0.15, -0.1) is 0 Å². The number of nitrogens with zero attached hydrogens (tertiary/aromatic N) is 2. The van der Waals surface area contributed by atoms with Crippen LogP contribution in [0.2, 0.25) is 0 Å². The summed E-state index contributed by atoms with van der Waals surface area (Å²) in [7, 11) is 0. The Hall–Kier alpha value is -1.09. The summed E-state index contributed by atoms with van der Waals surface area (Å²) in [6.45, 7) is 11.3. The van der Waals surface area contributed by atoms with Crippen molar-refractivity contribution >= 4 is 5.82 Å². The van der Waals surface area contributed by atoms with Crippen molar-refractivity contribution in [3.05, 3.63) is 23.9 Å². The Morgan fingerprint density at radius 2 is 2.00 bits per heavy atom. The van der Waals surface area contributed by atoms with Crippen LogP contribution in [0.15, 0.2) is 18.2 Å². The molecular weight excluding hydrogens is 234 g/mol. The number of likely N-dealkylation sites (tertiary alicyclic amines) is 1. The minimum atomic E-state index is 0.810. The Kier molecular flexibility index (Phi) is 5.20. The zero-order chi connectivity index (χ0) is 13.7. The molecule has 1 saturated heterocycles. The summed E-state index contributed by atoms with van der Waals surface area (Å²) in [4.78, 5) is 7.25. The van der Waals surface area contributed by atoms with E-state index < -0.39 is 0 Å². The molecule has 3 heteroatoms. The molecule has 0 aromatic carbocycles. The molecule has 19 heavy (non-hydrogen) atoms. The van der Waals surface area contributed by atoms with Gasteiger partial charge in [0, 0.05) is 26.2 Å². The molecule has 2 rings (SSSR count). The van der Waals surface area contributed by atoms with E-state index in [4.69, 9.17) is 4.98 Å². The SMILES string of the molecule is CCCNc1cccc(CN2CC(C)CC(C)C2)n1. The van der Waals surface area contributed by atoms with E-state index in [1.165, 1.54) is 25.2 Å². The molecule has 1 aromatic heterocycles. The monoisotopic (exact) mass is 261 g/mol. The van der Waals surface area contributed by atoms with Crippen LogP contribution in [0.4, 0.5) is 5.82 Å². The minimum absolute atomic E-state index is 0.810. The Bertz CT molecular complexity index is 381. The molecule has 1 aliphatic heterocycles. The molecule has 1 aliphatic rings. The molecule has 0 spiro atoms. The second kappa shape index (κ2) is 6.90. The number of rotatable bonds is 5. The van der Waals surface area contributed by atoms with Gasteiger partial charge in [-0.3, -0.25) is 4.90 Å². The number of pyridine rings is 1. The molecule has 2 heterocycles. The number of anilines is 1. The van der Waals surface area contributed by atoms with Gasteiger partial charge >= 0.3 is 0 Å². The maximum absolute atomic E-state index is 4.70. The highest BCUT2D eigenvalue weighted by atomic mass is 15.1. The molecule has 2 unspecified atom stereocenters. The zero-order valence-electron chi connectivity index (χ0n) is 12.5. The van der Waals surface area contributed by atoms with Crippen molar-refractivity contribution in [2.45, 2.75) is 40.2 Å². The molecule has 0 bridgehead atoms. The first-order valence-electron chi connectivity index (χ1n) is 7.59. The minimum Gasteiger partial charge on any atom is -0.370 e. The van der Waals surface area contributed by atoms with E-state index in [9.17, 15) is 0 Å². The largest absolute Gasteiger partial charge is 0.370 e. The summed E-state index contributed by atoms with van der Waals surface area (Å²) in [5, 5.41) is 3.36. The van der Waals surface area contributed by atoms with E-state index >= 15 is 0 Å². The highest BCUT2D eigenvalue weighted by Crippen LogP contribution is 2.22.